The molecule has 7 nitrogen and oxygen atoms in total. The Labute approximate surface area is 263 Å². The summed E-state index contributed by atoms with van der Waals surface area (Å²) in [6.07, 6.45) is 1.30. The molecule has 2 atom stereocenters. The highest BCUT2D eigenvalue weighted by Crippen LogP contribution is 2.48. The molecule has 0 saturated heterocycles. The molecule has 1 saturated carbocycles. The van der Waals surface area contributed by atoms with E-state index < -0.39 is 36.4 Å². The average molecular weight is 640 g/mol. The number of hydrogen-bond acceptors (Lipinski definition) is 6. The summed E-state index contributed by atoms with van der Waals surface area (Å²) in [7, 11) is -1.93. The monoisotopic (exact) mass is 639 g/mol. The molecule has 5 rings (SSSR count). The molecule has 3 aromatic heterocycles. The van der Waals surface area contributed by atoms with Crippen LogP contribution in [0.15, 0.2) is 60.8 Å². The van der Waals surface area contributed by atoms with Gasteiger partial charge in [-0.1, -0.05) is 45.0 Å². The van der Waals surface area contributed by atoms with E-state index in [1.54, 1.807) is 0 Å². The molecule has 0 radical (unpaired) electrons. The minimum atomic E-state index is -2.70. The third kappa shape index (κ3) is 7.07. The van der Waals surface area contributed by atoms with E-state index in [9.17, 15) is 13.3 Å². The summed E-state index contributed by atoms with van der Waals surface area (Å²) < 4.78 is 51.6. The van der Waals surface area contributed by atoms with Crippen LogP contribution in [0.1, 0.15) is 71.8 Å². The molecule has 4 aromatic rings. The number of nitrogens with one attached hydrogen (secondary N) is 1. The maximum absolute atomic E-state index is 13.9. The van der Waals surface area contributed by atoms with Crippen molar-refractivity contribution in [1.82, 2.24) is 24.5 Å². The standard InChI is InChI=1S/C33H43F2N5O2SSi/c1-31(2,3)43(41)39-30(24-18-33(34,35)19-24)27-13-10-12-26(38-27)22-15-16-23-20-36-40(28(23)17-22)29-14-9-11-25(37-29)21-42-44(7,8)32(4,5)6/h9-17,20,24,30,39H,18-19,21H2,1-8H3. The van der Waals surface area contributed by atoms with Gasteiger partial charge in [0, 0.05) is 35.2 Å². The first-order valence-electron chi connectivity index (χ1n) is 15.0. The number of pyridine rings is 2. The summed E-state index contributed by atoms with van der Waals surface area (Å²) in [6.45, 7) is 17.1. The molecule has 0 amide bonds. The van der Waals surface area contributed by atoms with Crippen molar-refractivity contribution in [1.29, 1.82) is 0 Å². The van der Waals surface area contributed by atoms with Gasteiger partial charge in [-0.3, -0.25) is 4.98 Å². The highest BCUT2D eigenvalue weighted by molar-refractivity contribution is 7.90. The molecule has 1 fully saturated rings. The van der Waals surface area contributed by atoms with Gasteiger partial charge in [0.05, 0.1) is 41.4 Å². The third-order valence-corrected chi connectivity index (χ3v) is 14.8. The van der Waals surface area contributed by atoms with Crippen molar-refractivity contribution >= 4 is 30.6 Å². The molecular formula is C33H43F2N5O2SSi. The van der Waals surface area contributed by atoms with E-state index in [2.05, 4.69) is 43.7 Å². The van der Waals surface area contributed by atoms with E-state index >= 15 is 0 Å². The number of benzene rings is 1. The lowest BCUT2D eigenvalue weighted by molar-refractivity contribution is -0.118. The lowest BCUT2D eigenvalue weighted by atomic mass is 9.75. The van der Waals surface area contributed by atoms with Gasteiger partial charge in [-0.25, -0.2) is 18.4 Å². The lowest BCUT2D eigenvalue weighted by Gasteiger charge is -2.40. The molecule has 3 heterocycles. The third-order valence-electron chi connectivity index (χ3n) is 8.74. The first kappa shape index (κ1) is 32.7. The zero-order valence-corrected chi connectivity index (χ0v) is 28.6. The summed E-state index contributed by atoms with van der Waals surface area (Å²) in [5.74, 6) is -2.37. The number of rotatable bonds is 9. The summed E-state index contributed by atoms with van der Waals surface area (Å²) in [4.78, 5) is 9.77. The number of nitrogens with zero attached hydrogens (tertiary/aromatic N) is 4. The van der Waals surface area contributed by atoms with Gasteiger partial charge in [-0.15, -0.1) is 4.72 Å². The Kier molecular flexibility index (Phi) is 8.84. The molecule has 0 bridgehead atoms. The van der Waals surface area contributed by atoms with E-state index in [4.69, 9.17) is 14.4 Å². The van der Waals surface area contributed by atoms with Crippen LogP contribution in [0.4, 0.5) is 8.78 Å². The fraction of sp³-hybridized carbons (Fsp3) is 0.485. The zero-order valence-electron chi connectivity index (χ0n) is 26.8. The van der Waals surface area contributed by atoms with Gasteiger partial charge in [0.2, 0.25) is 5.92 Å². The molecule has 44 heavy (non-hydrogen) atoms. The van der Waals surface area contributed by atoms with Gasteiger partial charge >= 0.3 is 0 Å². The van der Waals surface area contributed by atoms with Crippen molar-refractivity contribution in [2.75, 3.05) is 0 Å². The number of aromatic nitrogens is 4. The zero-order chi connectivity index (χ0) is 32.1. The number of alkyl halides is 2. The van der Waals surface area contributed by atoms with Gasteiger partial charge < -0.3 is 8.98 Å². The topological polar surface area (TPSA) is 87.9 Å². The molecule has 236 valence electrons. The maximum atomic E-state index is 13.9. The minimum absolute atomic E-state index is 0.104. The second-order valence-corrected chi connectivity index (χ2v) is 21.1. The molecule has 0 spiro atoms. The Hall–Kier alpha value is -2.70. The number of halogens is 2. The van der Waals surface area contributed by atoms with E-state index in [-0.39, 0.29) is 23.8 Å². The molecule has 1 aliphatic rings. The molecule has 11 heteroatoms. The Morgan fingerprint density at radius 1 is 1.05 bits per heavy atom. The molecule has 1 aliphatic carbocycles. The van der Waals surface area contributed by atoms with Gasteiger partial charge in [0.15, 0.2) is 14.1 Å². The summed E-state index contributed by atoms with van der Waals surface area (Å²) in [5.41, 5.74) is 3.86. The summed E-state index contributed by atoms with van der Waals surface area (Å²) in [5, 5.41) is 5.69. The second kappa shape index (κ2) is 11.9. The van der Waals surface area contributed by atoms with Crippen molar-refractivity contribution in [3.63, 3.8) is 0 Å². The van der Waals surface area contributed by atoms with Gasteiger partial charge in [-0.05, 0) is 75.2 Å². The van der Waals surface area contributed by atoms with Crippen LogP contribution in [0.2, 0.25) is 18.1 Å². The van der Waals surface area contributed by atoms with Crippen LogP contribution in [0, 0.1) is 5.92 Å². The summed E-state index contributed by atoms with van der Waals surface area (Å²) in [6, 6.07) is 16.9. The SMILES string of the molecule is CC(C)(C)[S+]([O-])NC(c1cccc(-c2ccc3cnn(-c4cccc(CO[Si](C)(C)C(C)(C)C)n4)c3c2)n1)C1CC(F)(F)C1. The Bertz CT molecular complexity index is 1620. The van der Waals surface area contributed by atoms with E-state index in [1.165, 1.54) is 0 Å². The van der Waals surface area contributed by atoms with Crippen LogP contribution in [0.5, 0.6) is 0 Å². The molecule has 0 aliphatic heterocycles. The van der Waals surface area contributed by atoms with Gasteiger partial charge in [0.25, 0.3) is 0 Å². The minimum Gasteiger partial charge on any atom is -0.598 e. The van der Waals surface area contributed by atoms with E-state index in [1.807, 2.05) is 86.2 Å². The predicted octanol–water partition coefficient (Wildman–Crippen LogP) is 8.14. The van der Waals surface area contributed by atoms with Crippen molar-refractivity contribution in [2.45, 2.75) is 95.8 Å². The second-order valence-electron chi connectivity index (χ2n) is 14.3. The molecule has 1 aromatic carbocycles. The van der Waals surface area contributed by atoms with Crippen molar-refractivity contribution < 1.29 is 17.8 Å². The van der Waals surface area contributed by atoms with Crippen molar-refractivity contribution in [2.24, 2.45) is 5.92 Å². The predicted molar refractivity (Wildman–Crippen MR) is 176 cm³/mol. The van der Waals surface area contributed by atoms with E-state index in [0.29, 0.717) is 23.8 Å². The van der Waals surface area contributed by atoms with Crippen LogP contribution < -0.4 is 4.72 Å². The van der Waals surface area contributed by atoms with Crippen molar-refractivity contribution in [3.05, 3.63) is 72.2 Å². The number of hydrogen-bond donors (Lipinski definition) is 1. The largest absolute Gasteiger partial charge is 0.598 e. The van der Waals surface area contributed by atoms with E-state index in [0.717, 1.165) is 22.2 Å². The fourth-order valence-corrected chi connectivity index (χ4v) is 6.75. The first-order valence-corrected chi connectivity index (χ1v) is 19.1. The Morgan fingerprint density at radius 3 is 2.41 bits per heavy atom. The quantitative estimate of drug-likeness (QED) is 0.147. The highest BCUT2D eigenvalue weighted by Gasteiger charge is 2.51. The Morgan fingerprint density at radius 2 is 1.75 bits per heavy atom. The molecule has 2 unspecified atom stereocenters. The molecular weight excluding hydrogens is 597 g/mol. The van der Waals surface area contributed by atoms with Gasteiger partial charge in [-0.2, -0.15) is 5.10 Å². The normalized spacial score (nSPS) is 17.4. The fourth-order valence-electron chi connectivity index (χ4n) is 4.92. The molecule has 1 N–H and O–H groups in total. The highest BCUT2D eigenvalue weighted by atomic mass is 32.2. The van der Waals surface area contributed by atoms with Gasteiger partial charge in [0.1, 0.15) is 4.75 Å². The van der Waals surface area contributed by atoms with Crippen LogP contribution in [-0.4, -0.2) is 43.3 Å². The first-order chi connectivity index (χ1) is 20.4. The number of fused-ring (bicyclic) bond motifs is 1. The van der Waals surface area contributed by atoms with Crippen LogP contribution in [0.3, 0.4) is 0 Å². The average Bonchev–Trinajstić information content (AvgIpc) is 3.36. The van der Waals surface area contributed by atoms with Crippen LogP contribution >= 0.6 is 0 Å². The smallest absolute Gasteiger partial charge is 0.248 e. The summed E-state index contributed by atoms with van der Waals surface area (Å²) >= 11 is -1.44. The van der Waals surface area contributed by atoms with Crippen LogP contribution in [-0.2, 0) is 22.4 Å². The maximum Gasteiger partial charge on any atom is 0.248 e. The Balaban J connectivity index is 1.44. The van der Waals surface area contributed by atoms with Crippen LogP contribution in [0.25, 0.3) is 28.0 Å². The van der Waals surface area contributed by atoms with Crippen molar-refractivity contribution in [3.8, 4) is 17.1 Å². The lowest BCUT2D eigenvalue weighted by Crippen LogP contribution is -2.48.